The summed E-state index contributed by atoms with van der Waals surface area (Å²) in [4.78, 5) is 13.4. The number of rotatable bonds is 5. The highest BCUT2D eigenvalue weighted by Crippen LogP contribution is 2.05. The van der Waals surface area contributed by atoms with Gasteiger partial charge in [0.1, 0.15) is 0 Å². The number of aryl methyl sites for hydroxylation is 1. The Hall–Kier alpha value is -1.35. The fourth-order valence-corrected chi connectivity index (χ4v) is 2.65. The van der Waals surface area contributed by atoms with Gasteiger partial charge in [0.15, 0.2) is 0 Å². The minimum absolute atomic E-state index is 0.223. The van der Waals surface area contributed by atoms with Crippen molar-refractivity contribution >= 4 is 5.91 Å². The summed E-state index contributed by atoms with van der Waals surface area (Å²) in [5, 5.41) is 3.17. The van der Waals surface area contributed by atoms with E-state index in [1.165, 1.54) is 18.7 Å². The van der Waals surface area contributed by atoms with E-state index in [1.807, 2.05) is 6.07 Å². The van der Waals surface area contributed by atoms with Gasteiger partial charge in [-0.3, -0.25) is 4.79 Å². The van der Waals surface area contributed by atoms with Crippen LogP contribution in [0.5, 0.6) is 0 Å². The first-order chi connectivity index (χ1) is 9.24. The predicted octanol–water partition coefficient (Wildman–Crippen LogP) is 0.803. The molecule has 1 aromatic rings. The number of likely N-dealkylation sites (tertiary alicyclic amines) is 1. The molecule has 1 amide bonds. The molecule has 19 heavy (non-hydrogen) atoms. The van der Waals surface area contributed by atoms with E-state index in [-0.39, 0.29) is 5.91 Å². The smallest absolute Gasteiger partial charge is 0.220 e. The quantitative estimate of drug-likeness (QED) is 0.808. The first-order valence-corrected chi connectivity index (χ1v) is 7.38. The van der Waals surface area contributed by atoms with Gasteiger partial charge in [-0.1, -0.05) is 30.3 Å². The molecule has 0 aliphatic carbocycles. The summed E-state index contributed by atoms with van der Waals surface area (Å²) >= 11 is 0. The van der Waals surface area contributed by atoms with Crippen molar-refractivity contribution < 1.29 is 9.69 Å². The second-order valence-electron chi connectivity index (χ2n) is 5.64. The van der Waals surface area contributed by atoms with Gasteiger partial charge in [0.2, 0.25) is 5.91 Å². The van der Waals surface area contributed by atoms with Crippen LogP contribution in [0.3, 0.4) is 0 Å². The number of hydrogen-bond donors (Lipinski definition) is 2. The van der Waals surface area contributed by atoms with Gasteiger partial charge in [0.05, 0.1) is 20.1 Å². The number of benzene rings is 1. The van der Waals surface area contributed by atoms with Crippen LogP contribution in [0.1, 0.15) is 31.2 Å². The van der Waals surface area contributed by atoms with E-state index < -0.39 is 0 Å². The standard InChI is InChI=1S/C16H24N2O/c1-18-12-10-15(11-13-18)17-16(19)9-5-8-14-6-3-2-4-7-14/h2-4,6-7,15H,5,8-13H2,1H3,(H,17,19)/p+1. The van der Waals surface area contributed by atoms with E-state index in [0.29, 0.717) is 12.5 Å². The second-order valence-corrected chi connectivity index (χ2v) is 5.64. The third-order valence-corrected chi connectivity index (χ3v) is 3.92. The van der Waals surface area contributed by atoms with Gasteiger partial charge in [0.25, 0.3) is 0 Å². The molecular formula is C16H25N2O+. The van der Waals surface area contributed by atoms with Crippen molar-refractivity contribution in [3.05, 3.63) is 35.9 Å². The number of piperidine rings is 1. The van der Waals surface area contributed by atoms with E-state index in [9.17, 15) is 4.79 Å². The number of amides is 1. The van der Waals surface area contributed by atoms with Crippen LogP contribution in [-0.4, -0.2) is 32.1 Å². The zero-order chi connectivity index (χ0) is 13.5. The lowest BCUT2D eigenvalue weighted by atomic mass is 10.0. The fourth-order valence-electron chi connectivity index (χ4n) is 2.65. The average molecular weight is 261 g/mol. The summed E-state index contributed by atoms with van der Waals surface area (Å²) in [7, 11) is 2.22. The Balaban J connectivity index is 1.62. The van der Waals surface area contributed by atoms with Gasteiger partial charge in [0, 0.05) is 25.3 Å². The van der Waals surface area contributed by atoms with Crippen LogP contribution < -0.4 is 10.2 Å². The average Bonchev–Trinajstić information content (AvgIpc) is 2.43. The zero-order valence-electron chi connectivity index (χ0n) is 11.8. The Labute approximate surface area is 116 Å². The van der Waals surface area contributed by atoms with Crippen LogP contribution in [0.25, 0.3) is 0 Å². The summed E-state index contributed by atoms with van der Waals surface area (Å²) in [6.45, 7) is 2.35. The SMILES string of the molecule is C[NH+]1CCC(NC(=O)CCCc2ccccc2)CC1. The van der Waals surface area contributed by atoms with Crippen molar-refractivity contribution in [1.82, 2.24) is 5.32 Å². The Morgan fingerprint density at radius 3 is 2.63 bits per heavy atom. The number of quaternary nitrogens is 1. The topological polar surface area (TPSA) is 33.5 Å². The molecule has 0 radical (unpaired) electrons. The van der Waals surface area contributed by atoms with Crippen molar-refractivity contribution in [1.29, 1.82) is 0 Å². The molecule has 1 aliphatic rings. The summed E-state index contributed by atoms with van der Waals surface area (Å²) < 4.78 is 0. The highest BCUT2D eigenvalue weighted by Gasteiger charge is 2.20. The Kier molecular flexibility index (Phi) is 5.40. The van der Waals surface area contributed by atoms with E-state index >= 15 is 0 Å². The lowest BCUT2D eigenvalue weighted by molar-refractivity contribution is -0.884. The third kappa shape index (κ3) is 5.03. The normalized spacial score (nSPS) is 23.0. The van der Waals surface area contributed by atoms with Crippen molar-refractivity contribution in [2.24, 2.45) is 0 Å². The fraction of sp³-hybridized carbons (Fsp3) is 0.562. The minimum atomic E-state index is 0.223. The van der Waals surface area contributed by atoms with Crippen LogP contribution in [0.15, 0.2) is 30.3 Å². The summed E-state index contributed by atoms with van der Waals surface area (Å²) in [5.74, 6) is 0.223. The molecule has 1 heterocycles. The highest BCUT2D eigenvalue weighted by molar-refractivity contribution is 5.76. The van der Waals surface area contributed by atoms with Gasteiger partial charge in [-0.05, 0) is 18.4 Å². The van der Waals surface area contributed by atoms with Gasteiger partial charge < -0.3 is 10.2 Å². The van der Waals surface area contributed by atoms with E-state index in [4.69, 9.17) is 0 Å². The molecule has 0 aromatic heterocycles. The first kappa shape index (κ1) is 14.1. The Morgan fingerprint density at radius 1 is 1.26 bits per heavy atom. The molecule has 0 spiro atoms. The molecule has 3 nitrogen and oxygen atoms in total. The van der Waals surface area contributed by atoms with Gasteiger partial charge in [-0.25, -0.2) is 0 Å². The molecule has 1 saturated heterocycles. The number of carbonyl (C=O) groups excluding carboxylic acids is 1. The summed E-state index contributed by atoms with van der Waals surface area (Å²) in [6.07, 6.45) is 4.82. The van der Waals surface area contributed by atoms with Gasteiger partial charge in [-0.15, -0.1) is 0 Å². The Morgan fingerprint density at radius 2 is 1.95 bits per heavy atom. The first-order valence-electron chi connectivity index (χ1n) is 7.38. The molecule has 2 rings (SSSR count). The predicted molar refractivity (Wildman–Crippen MR) is 77.2 cm³/mol. The van der Waals surface area contributed by atoms with Crippen molar-refractivity contribution in [3.8, 4) is 0 Å². The molecular weight excluding hydrogens is 236 g/mol. The van der Waals surface area contributed by atoms with Gasteiger partial charge >= 0.3 is 0 Å². The Bertz CT molecular complexity index is 383. The maximum absolute atomic E-state index is 11.9. The zero-order valence-corrected chi connectivity index (χ0v) is 11.8. The maximum atomic E-state index is 11.9. The van der Waals surface area contributed by atoms with Crippen molar-refractivity contribution in [3.63, 3.8) is 0 Å². The molecule has 0 unspecified atom stereocenters. The highest BCUT2D eigenvalue weighted by atomic mass is 16.1. The van der Waals surface area contributed by atoms with E-state index in [2.05, 4.69) is 36.6 Å². The van der Waals surface area contributed by atoms with Crippen LogP contribution in [0.2, 0.25) is 0 Å². The molecule has 0 atom stereocenters. The van der Waals surface area contributed by atoms with Crippen LogP contribution in [-0.2, 0) is 11.2 Å². The molecule has 0 bridgehead atoms. The molecule has 1 aromatic carbocycles. The molecule has 0 saturated carbocycles. The second kappa shape index (κ2) is 7.29. The van der Waals surface area contributed by atoms with E-state index in [1.54, 1.807) is 4.90 Å². The molecule has 1 aliphatic heterocycles. The van der Waals surface area contributed by atoms with Crippen LogP contribution in [0, 0.1) is 0 Å². The van der Waals surface area contributed by atoms with Gasteiger partial charge in [-0.2, -0.15) is 0 Å². The van der Waals surface area contributed by atoms with Crippen LogP contribution in [0.4, 0.5) is 0 Å². The summed E-state index contributed by atoms with van der Waals surface area (Å²) in [6, 6.07) is 10.8. The molecule has 1 fully saturated rings. The van der Waals surface area contributed by atoms with Crippen molar-refractivity contribution in [2.75, 3.05) is 20.1 Å². The molecule has 3 heteroatoms. The third-order valence-electron chi connectivity index (χ3n) is 3.92. The lowest BCUT2D eigenvalue weighted by Crippen LogP contribution is -3.10. The monoisotopic (exact) mass is 261 g/mol. The molecule has 104 valence electrons. The summed E-state index contributed by atoms with van der Waals surface area (Å²) in [5.41, 5.74) is 1.32. The maximum Gasteiger partial charge on any atom is 0.220 e. The number of carbonyl (C=O) groups is 1. The lowest BCUT2D eigenvalue weighted by Gasteiger charge is -2.27. The molecule has 2 N–H and O–H groups in total. The van der Waals surface area contributed by atoms with E-state index in [0.717, 1.165) is 25.7 Å². The van der Waals surface area contributed by atoms with Crippen molar-refractivity contribution in [2.45, 2.75) is 38.1 Å². The minimum Gasteiger partial charge on any atom is -0.353 e. The number of nitrogens with one attached hydrogen (secondary N) is 2. The number of hydrogen-bond acceptors (Lipinski definition) is 1. The van der Waals surface area contributed by atoms with Crippen LogP contribution >= 0.6 is 0 Å². The largest absolute Gasteiger partial charge is 0.353 e.